The first kappa shape index (κ1) is 21.9. The highest BCUT2D eigenvalue weighted by atomic mass is 32.2. The molecular formula is C18H19F3N2O4S. The number of carbonyl (C=O) groups excluding carboxylic acids is 1. The molecule has 6 nitrogen and oxygen atoms in total. The van der Waals surface area contributed by atoms with Gasteiger partial charge in [0.15, 0.2) is 0 Å². The Bertz CT molecular complexity index is 944. The van der Waals surface area contributed by atoms with Gasteiger partial charge in [-0.25, -0.2) is 8.42 Å². The monoisotopic (exact) mass is 416 g/mol. The van der Waals surface area contributed by atoms with Crippen LogP contribution in [0.15, 0.2) is 53.4 Å². The van der Waals surface area contributed by atoms with Gasteiger partial charge in [0.2, 0.25) is 0 Å². The van der Waals surface area contributed by atoms with Gasteiger partial charge in [-0.15, -0.1) is 0 Å². The summed E-state index contributed by atoms with van der Waals surface area (Å²) >= 11 is 0. The topological polar surface area (TPSA) is 66.9 Å². The molecule has 10 heteroatoms. The summed E-state index contributed by atoms with van der Waals surface area (Å²) in [5.41, 5.74) is -0.142. The minimum absolute atomic E-state index is 0.0614. The predicted octanol–water partition coefficient (Wildman–Crippen LogP) is 3.16. The van der Waals surface area contributed by atoms with Crippen molar-refractivity contribution in [3.8, 4) is 0 Å². The van der Waals surface area contributed by atoms with Crippen LogP contribution in [0.25, 0.3) is 0 Å². The van der Waals surface area contributed by atoms with Crippen molar-refractivity contribution >= 4 is 15.9 Å². The summed E-state index contributed by atoms with van der Waals surface area (Å²) in [7, 11) is -0.0183. The van der Waals surface area contributed by atoms with E-state index in [0.717, 1.165) is 12.1 Å². The molecule has 28 heavy (non-hydrogen) atoms. The molecule has 0 N–H and O–H groups in total. The zero-order valence-electron chi connectivity index (χ0n) is 15.4. The average Bonchev–Trinajstić information content (AvgIpc) is 2.66. The number of rotatable bonds is 6. The van der Waals surface area contributed by atoms with Crippen molar-refractivity contribution in [1.29, 1.82) is 0 Å². The number of sulfonamides is 1. The van der Waals surface area contributed by atoms with E-state index in [-0.39, 0.29) is 17.0 Å². The Morgan fingerprint density at radius 2 is 1.68 bits per heavy atom. The number of benzene rings is 2. The van der Waals surface area contributed by atoms with E-state index < -0.39 is 27.7 Å². The molecule has 0 spiro atoms. The van der Waals surface area contributed by atoms with E-state index in [1.165, 1.54) is 62.5 Å². The van der Waals surface area contributed by atoms with Gasteiger partial charge in [0.1, 0.15) is 0 Å². The summed E-state index contributed by atoms with van der Waals surface area (Å²) in [6.45, 7) is 0.0614. The van der Waals surface area contributed by atoms with Gasteiger partial charge in [0.05, 0.1) is 17.6 Å². The van der Waals surface area contributed by atoms with Crippen LogP contribution in [0.4, 0.5) is 13.2 Å². The summed E-state index contributed by atoms with van der Waals surface area (Å²) in [5.74, 6) is -0.475. The number of nitrogens with zero attached hydrogens (tertiary/aromatic N) is 2. The highest BCUT2D eigenvalue weighted by Crippen LogP contribution is 2.29. The average molecular weight is 416 g/mol. The molecule has 2 aromatic rings. The number of carbonyl (C=O) groups is 1. The van der Waals surface area contributed by atoms with E-state index in [4.69, 9.17) is 4.84 Å². The second kappa shape index (κ2) is 8.29. The third kappa shape index (κ3) is 4.89. The fourth-order valence-corrected chi connectivity index (χ4v) is 3.42. The Labute approximate surface area is 161 Å². The third-order valence-electron chi connectivity index (χ3n) is 4.02. The van der Waals surface area contributed by atoms with E-state index in [2.05, 4.69) is 0 Å². The van der Waals surface area contributed by atoms with Crippen LogP contribution in [-0.4, -0.2) is 44.9 Å². The zero-order chi connectivity index (χ0) is 21.1. The summed E-state index contributed by atoms with van der Waals surface area (Å²) in [5, 5.41) is 0. The van der Waals surface area contributed by atoms with Crippen LogP contribution in [0.2, 0.25) is 0 Å². The molecule has 0 saturated carbocycles. The number of amides is 1. The SMILES string of the molecule is CON(C)S(=O)(=O)c1cccc(C(=O)N(C)Cc2ccc(C(F)(F)F)cc2)c1. The van der Waals surface area contributed by atoms with Gasteiger partial charge in [-0.05, 0) is 35.9 Å². The molecule has 1 amide bonds. The van der Waals surface area contributed by atoms with E-state index in [1.54, 1.807) is 0 Å². The number of hydrogen-bond donors (Lipinski definition) is 0. The highest BCUT2D eigenvalue weighted by molar-refractivity contribution is 7.89. The van der Waals surface area contributed by atoms with Crippen molar-refractivity contribution in [1.82, 2.24) is 9.37 Å². The Balaban J connectivity index is 2.19. The van der Waals surface area contributed by atoms with Crippen molar-refractivity contribution < 1.29 is 31.2 Å². The van der Waals surface area contributed by atoms with Crippen LogP contribution in [0, 0.1) is 0 Å². The van der Waals surface area contributed by atoms with Crippen molar-refractivity contribution in [2.45, 2.75) is 17.6 Å². The van der Waals surface area contributed by atoms with Crippen molar-refractivity contribution in [2.75, 3.05) is 21.2 Å². The van der Waals surface area contributed by atoms with Gasteiger partial charge in [0.25, 0.3) is 15.9 Å². The fourth-order valence-electron chi connectivity index (χ4n) is 2.40. The molecule has 0 unspecified atom stereocenters. The number of hydrogen-bond acceptors (Lipinski definition) is 4. The lowest BCUT2D eigenvalue weighted by atomic mass is 10.1. The van der Waals surface area contributed by atoms with Crippen LogP contribution < -0.4 is 0 Å². The third-order valence-corrected chi connectivity index (χ3v) is 5.70. The molecule has 0 heterocycles. The summed E-state index contributed by atoms with van der Waals surface area (Å²) < 4.78 is 63.1. The predicted molar refractivity (Wildman–Crippen MR) is 95.6 cm³/mol. The Morgan fingerprint density at radius 1 is 1.07 bits per heavy atom. The van der Waals surface area contributed by atoms with E-state index in [0.29, 0.717) is 10.0 Å². The number of hydroxylamine groups is 1. The van der Waals surface area contributed by atoms with E-state index >= 15 is 0 Å². The molecule has 0 aliphatic heterocycles. The summed E-state index contributed by atoms with van der Waals surface area (Å²) in [6.07, 6.45) is -4.43. The largest absolute Gasteiger partial charge is 0.416 e. The molecule has 0 aromatic heterocycles. The fraction of sp³-hybridized carbons (Fsp3) is 0.278. The lowest BCUT2D eigenvalue weighted by molar-refractivity contribution is -0.137. The smallest absolute Gasteiger partial charge is 0.337 e. The van der Waals surface area contributed by atoms with Gasteiger partial charge < -0.3 is 4.90 Å². The quantitative estimate of drug-likeness (QED) is 0.679. The summed E-state index contributed by atoms with van der Waals surface area (Å²) in [6, 6.07) is 9.91. The summed E-state index contributed by atoms with van der Waals surface area (Å²) in [4.78, 5) is 18.5. The van der Waals surface area contributed by atoms with E-state index in [9.17, 15) is 26.4 Å². The maximum absolute atomic E-state index is 12.6. The van der Waals surface area contributed by atoms with Crippen LogP contribution in [0.5, 0.6) is 0 Å². The van der Waals surface area contributed by atoms with Gasteiger partial charge >= 0.3 is 6.18 Å². The molecule has 0 fully saturated rings. The van der Waals surface area contributed by atoms with Crippen LogP contribution in [-0.2, 0) is 27.6 Å². The zero-order valence-corrected chi connectivity index (χ0v) is 16.2. The van der Waals surface area contributed by atoms with Gasteiger partial charge in [-0.3, -0.25) is 9.63 Å². The van der Waals surface area contributed by atoms with E-state index in [1.807, 2.05) is 0 Å². The first-order valence-electron chi connectivity index (χ1n) is 8.01. The maximum atomic E-state index is 12.6. The van der Waals surface area contributed by atoms with Gasteiger partial charge in [-0.2, -0.15) is 13.2 Å². The Kier molecular flexibility index (Phi) is 6.48. The van der Waals surface area contributed by atoms with Crippen LogP contribution >= 0.6 is 0 Å². The first-order chi connectivity index (χ1) is 13.0. The number of alkyl halides is 3. The van der Waals surface area contributed by atoms with Crippen LogP contribution in [0.1, 0.15) is 21.5 Å². The normalized spacial score (nSPS) is 12.2. The lowest BCUT2D eigenvalue weighted by Gasteiger charge is -2.19. The second-order valence-corrected chi connectivity index (χ2v) is 7.92. The molecule has 0 saturated heterocycles. The van der Waals surface area contributed by atoms with Crippen LogP contribution in [0.3, 0.4) is 0 Å². The highest BCUT2D eigenvalue weighted by Gasteiger charge is 2.30. The molecule has 0 aliphatic rings. The molecule has 2 rings (SSSR count). The minimum atomic E-state index is -4.43. The minimum Gasteiger partial charge on any atom is -0.337 e. The Morgan fingerprint density at radius 3 is 2.21 bits per heavy atom. The van der Waals surface area contributed by atoms with Crippen molar-refractivity contribution in [3.05, 3.63) is 65.2 Å². The number of halogens is 3. The Hall–Kier alpha value is -2.43. The lowest BCUT2D eigenvalue weighted by Crippen LogP contribution is -2.28. The molecule has 152 valence electrons. The van der Waals surface area contributed by atoms with Crippen molar-refractivity contribution in [3.63, 3.8) is 0 Å². The molecule has 0 bridgehead atoms. The molecule has 0 aliphatic carbocycles. The molecule has 0 radical (unpaired) electrons. The second-order valence-electron chi connectivity index (χ2n) is 5.98. The molecular weight excluding hydrogens is 397 g/mol. The molecule has 0 atom stereocenters. The van der Waals surface area contributed by atoms with Crippen molar-refractivity contribution in [2.24, 2.45) is 0 Å². The van der Waals surface area contributed by atoms with Gasteiger partial charge in [-0.1, -0.05) is 22.7 Å². The first-order valence-corrected chi connectivity index (χ1v) is 9.45. The maximum Gasteiger partial charge on any atom is 0.416 e. The standard InChI is InChI=1S/C18H19F3N2O4S/c1-22(12-13-7-9-15(10-8-13)18(19,20)21)17(24)14-5-4-6-16(11-14)28(25,26)23(2)27-3/h4-11H,12H2,1-3H3. The van der Waals surface area contributed by atoms with Gasteiger partial charge in [0, 0.05) is 26.2 Å². The molecule has 2 aromatic carbocycles.